The number of esters is 3. The van der Waals surface area contributed by atoms with Crippen molar-refractivity contribution in [2.24, 2.45) is 5.41 Å². The molecule has 3 aromatic rings. The van der Waals surface area contributed by atoms with Gasteiger partial charge in [-0.25, -0.2) is 14.6 Å². The summed E-state index contributed by atoms with van der Waals surface area (Å²) in [7, 11) is 0. The lowest BCUT2D eigenvalue weighted by Gasteiger charge is -2.40. The Morgan fingerprint density at radius 3 is 1.61 bits per heavy atom. The van der Waals surface area contributed by atoms with Gasteiger partial charge in [-0.05, 0) is 110 Å². The molecule has 0 saturated carbocycles. The zero-order valence-electron chi connectivity index (χ0n) is 48.7. The number of aromatic nitrogens is 2. The van der Waals surface area contributed by atoms with Gasteiger partial charge >= 0.3 is 24.0 Å². The number of fused-ring (bicyclic) bond motifs is 5. The van der Waals surface area contributed by atoms with Gasteiger partial charge in [0.1, 0.15) is 23.6 Å². The second-order valence-electron chi connectivity index (χ2n) is 24.4. The molecular weight excluding hydrogens is 1010 g/mol. The number of pyridine rings is 2. The summed E-state index contributed by atoms with van der Waals surface area (Å²) in [5.74, 6) is -1.30. The number of unbranched alkanes of at least 4 members (excludes halogenated alkanes) is 15. The molecule has 0 spiro atoms. The molecule has 0 unspecified atom stereocenters. The molecule has 434 valence electrons. The molecule has 2 saturated heterocycles. The largest absolute Gasteiger partial charge is 0.459 e. The number of aliphatic hydroxyl groups is 1. The maximum absolute atomic E-state index is 13.7. The van der Waals surface area contributed by atoms with Gasteiger partial charge in [0.05, 0.1) is 29.0 Å². The highest BCUT2D eigenvalue weighted by Gasteiger charge is 2.53. The van der Waals surface area contributed by atoms with E-state index >= 15 is 0 Å². The molecule has 7 rings (SSSR count). The monoisotopic (exact) mass is 1100 g/mol. The molecule has 3 amide bonds. The van der Waals surface area contributed by atoms with E-state index in [0.717, 1.165) is 55.0 Å². The third-order valence-corrected chi connectivity index (χ3v) is 16.3. The standard InChI is InChI=1S/C62H89N5O12/c1-9-44-45-39-43(29-30-49(45)63-53-46(44)41-67-50(53)40-48-47(54(67)70)42-76-57(73)62(48,75)10-2)77-58(74)66-37-35-65(36-38-66)52(69)28-26-24-22-20-18-16-14-12-11-13-15-17-19-21-23-25-27-51(68)64-33-31-61(32-34-64,55(71)78-59(3,4)5)56(72)79-60(6,7)8/h29-30,39-40,75H,9-28,31-38,41-42H2,1-8H3/t62-/m0/s1. The highest BCUT2D eigenvalue weighted by Crippen LogP contribution is 2.42. The second-order valence-corrected chi connectivity index (χ2v) is 24.4. The van der Waals surface area contributed by atoms with Crippen molar-refractivity contribution in [3.63, 3.8) is 0 Å². The van der Waals surface area contributed by atoms with Crippen LogP contribution >= 0.6 is 0 Å². The molecule has 0 bridgehead atoms. The van der Waals surface area contributed by atoms with E-state index in [-0.39, 0.29) is 60.9 Å². The first-order valence-electron chi connectivity index (χ1n) is 29.7. The number of hydrogen-bond acceptors (Lipinski definition) is 13. The molecule has 1 atom stereocenters. The number of aryl methyl sites for hydroxylation is 1. The highest BCUT2D eigenvalue weighted by atomic mass is 16.6. The predicted octanol–water partition coefficient (Wildman–Crippen LogP) is 10.6. The number of piperidine rings is 1. The fraction of sp³-hybridized carbons (Fsp3) is 0.677. The maximum Gasteiger partial charge on any atom is 0.415 e. The van der Waals surface area contributed by atoms with Crippen LogP contribution in [0.1, 0.15) is 212 Å². The van der Waals surface area contributed by atoms with Crippen molar-refractivity contribution in [2.75, 3.05) is 39.3 Å². The molecule has 4 aliphatic heterocycles. The van der Waals surface area contributed by atoms with Crippen LogP contribution in [0.2, 0.25) is 0 Å². The first kappa shape index (κ1) is 60.8. The normalized spacial score (nSPS) is 17.9. The fourth-order valence-corrected chi connectivity index (χ4v) is 11.6. The van der Waals surface area contributed by atoms with Crippen LogP contribution in [0.25, 0.3) is 22.3 Å². The van der Waals surface area contributed by atoms with Crippen molar-refractivity contribution >= 4 is 46.7 Å². The van der Waals surface area contributed by atoms with Crippen molar-refractivity contribution in [1.29, 1.82) is 0 Å². The number of carbonyl (C=O) groups is 6. The molecule has 6 heterocycles. The third kappa shape index (κ3) is 14.9. The summed E-state index contributed by atoms with van der Waals surface area (Å²) in [5, 5.41) is 12.1. The number of cyclic esters (lactones) is 1. The Labute approximate surface area is 467 Å². The number of carbonyl (C=O) groups excluding carboxylic acids is 6. The molecule has 4 aliphatic rings. The number of piperazine rings is 1. The van der Waals surface area contributed by atoms with Gasteiger partial charge in [0, 0.05) is 68.6 Å². The number of likely N-dealkylation sites (tertiary alicyclic amines) is 1. The molecule has 17 nitrogen and oxygen atoms in total. The summed E-state index contributed by atoms with van der Waals surface area (Å²) >= 11 is 0. The number of nitrogens with zero attached hydrogens (tertiary/aromatic N) is 5. The average Bonchev–Trinajstić information content (AvgIpc) is 4.06. The molecule has 1 N–H and O–H groups in total. The molecule has 79 heavy (non-hydrogen) atoms. The van der Waals surface area contributed by atoms with E-state index in [1.165, 1.54) is 64.2 Å². The Bertz CT molecular complexity index is 2710. The Balaban J connectivity index is 0.694. The minimum atomic E-state index is -1.90. The minimum absolute atomic E-state index is 0.0650. The van der Waals surface area contributed by atoms with Gasteiger partial charge in [-0.1, -0.05) is 104 Å². The number of benzene rings is 1. The van der Waals surface area contributed by atoms with Gasteiger partial charge in [-0.3, -0.25) is 24.0 Å². The fourth-order valence-electron chi connectivity index (χ4n) is 11.6. The summed E-state index contributed by atoms with van der Waals surface area (Å²) in [5.41, 5.74) is -0.858. The lowest BCUT2D eigenvalue weighted by atomic mass is 9.77. The Morgan fingerprint density at radius 1 is 0.646 bits per heavy atom. The van der Waals surface area contributed by atoms with Gasteiger partial charge in [0.2, 0.25) is 11.8 Å². The van der Waals surface area contributed by atoms with Crippen LogP contribution in [-0.2, 0) is 63.4 Å². The highest BCUT2D eigenvalue weighted by molar-refractivity contribution is 6.01. The Hall–Kier alpha value is -5.84. The first-order chi connectivity index (χ1) is 37.6. The average molecular weight is 1100 g/mol. The smallest absolute Gasteiger partial charge is 0.415 e. The van der Waals surface area contributed by atoms with Gasteiger partial charge in [0.15, 0.2) is 11.0 Å². The molecule has 2 fully saturated rings. The van der Waals surface area contributed by atoms with E-state index in [1.807, 2.05) is 17.9 Å². The van der Waals surface area contributed by atoms with Crippen LogP contribution in [0, 0.1) is 5.41 Å². The number of amides is 3. The van der Waals surface area contributed by atoms with E-state index in [9.17, 15) is 38.7 Å². The van der Waals surface area contributed by atoms with Crippen molar-refractivity contribution in [1.82, 2.24) is 24.3 Å². The topological polar surface area (TPSA) is 204 Å². The van der Waals surface area contributed by atoms with Crippen LogP contribution in [0.15, 0.2) is 29.1 Å². The molecule has 2 aromatic heterocycles. The van der Waals surface area contributed by atoms with Crippen molar-refractivity contribution in [3.8, 4) is 17.1 Å². The lowest BCUT2D eigenvalue weighted by Crippen LogP contribution is -2.53. The van der Waals surface area contributed by atoms with E-state index in [1.54, 1.807) is 81.0 Å². The lowest BCUT2D eigenvalue weighted by molar-refractivity contribution is -0.190. The van der Waals surface area contributed by atoms with Gasteiger partial charge < -0.3 is 43.3 Å². The Kier molecular flexibility index (Phi) is 20.5. The van der Waals surface area contributed by atoms with Crippen molar-refractivity contribution in [3.05, 3.63) is 56.9 Å². The van der Waals surface area contributed by atoms with E-state index in [0.29, 0.717) is 81.2 Å². The molecule has 0 radical (unpaired) electrons. The summed E-state index contributed by atoms with van der Waals surface area (Å²) in [4.78, 5) is 103. The van der Waals surface area contributed by atoms with Crippen molar-refractivity contribution in [2.45, 2.75) is 227 Å². The molecule has 0 aliphatic carbocycles. The quantitative estimate of drug-likeness (QED) is 0.0301. The summed E-state index contributed by atoms with van der Waals surface area (Å²) in [6.07, 6.45) is 20.1. The second kappa shape index (κ2) is 26.6. The zero-order chi connectivity index (χ0) is 57.1. The Morgan fingerprint density at radius 2 is 1.13 bits per heavy atom. The predicted molar refractivity (Wildman–Crippen MR) is 301 cm³/mol. The molecule has 1 aromatic carbocycles. The van der Waals surface area contributed by atoms with Crippen LogP contribution < -0.4 is 10.3 Å². The zero-order valence-corrected chi connectivity index (χ0v) is 48.7. The number of ether oxygens (including phenoxy) is 4. The van der Waals surface area contributed by atoms with E-state index < -0.39 is 46.2 Å². The van der Waals surface area contributed by atoms with Crippen molar-refractivity contribution < 1.29 is 52.8 Å². The SMILES string of the molecule is CCc1c2c(nc3ccc(OC(=O)N4CCN(C(=O)CCCCCCCCCCCCCCCCCCC(=O)N5CCC(C(=O)OC(C)(C)C)(C(=O)OC(C)(C)C)CC5)CC4)cc13)-c1cc3c(c(=O)n1C2)COC(=O)[C@]3(O)CC. The van der Waals surface area contributed by atoms with E-state index in [4.69, 9.17) is 23.9 Å². The van der Waals surface area contributed by atoms with Gasteiger partial charge in [-0.2, -0.15) is 0 Å². The maximum atomic E-state index is 13.7. The number of hydrogen-bond donors (Lipinski definition) is 1. The van der Waals surface area contributed by atoms with Gasteiger partial charge in [-0.15, -0.1) is 0 Å². The first-order valence-corrected chi connectivity index (χ1v) is 29.7. The summed E-state index contributed by atoms with van der Waals surface area (Å²) in [6, 6.07) is 7.04. The third-order valence-electron chi connectivity index (χ3n) is 16.3. The van der Waals surface area contributed by atoms with E-state index in [2.05, 4.69) is 0 Å². The molecular formula is C62H89N5O12. The van der Waals surface area contributed by atoms with Crippen LogP contribution in [0.3, 0.4) is 0 Å². The van der Waals surface area contributed by atoms with Crippen LogP contribution in [0.4, 0.5) is 4.79 Å². The number of rotatable bonds is 24. The minimum Gasteiger partial charge on any atom is -0.459 e. The summed E-state index contributed by atoms with van der Waals surface area (Å²) < 4.78 is 24.1. The molecule has 17 heteroatoms. The summed E-state index contributed by atoms with van der Waals surface area (Å²) in [6.45, 7) is 16.9. The van der Waals surface area contributed by atoms with Crippen LogP contribution in [0.5, 0.6) is 5.75 Å². The van der Waals surface area contributed by atoms with Gasteiger partial charge in [0.25, 0.3) is 5.56 Å². The van der Waals surface area contributed by atoms with Crippen LogP contribution in [-0.4, -0.2) is 116 Å².